The van der Waals surface area contributed by atoms with E-state index in [2.05, 4.69) is 15.6 Å². The molecule has 6 nitrogen and oxygen atoms in total. The lowest BCUT2D eigenvalue weighted by molar-refractivity contribution is 0.100. The van der Waals surface area contributed by atoms with Crippen LogP contribution in [-0.2, 0) is 0 Å². The number of methoxy groups -OCH3 is 1. The number of pyridine rings is 1. The second kappa shape index (κ2) is 7.14. The van der Waals surface area contributed by atoms with Gasteiger partial charge in [0, 0.05) is 34.4 Å². The van der Waals surface area contributed by atoms with Gasteiger partial charge in [-0.1, -0.05) is 12.1 Å². The number of primary amides is 1. The number of ether oxygens (including phenoxy) is 1. The van der Waals surface area contributed by atoms with Crippen LogP contribution in [0, 0.1) is 0 Å². The number of amides is 1. The van der Waals surface area contributed by atoms with E-state index in [4.69, 9.17) is 22.7 Å². The van der Waals surface area contributed by atoms with Crippen molar-refractivity contribution in [1.29, 1.82) is 0 Å². The second-order valence-corrected chi connectivity index (χ2v) is 5.67. The molecule has 0 saturated heterocycles. The van der Waals surface area contributed by atoms with Crippen molar-refractivity contribution in [1.82, 2.24) is 4.98 Å². The summed E-state index contributed by atoms with van der Waals surface area (Å²) in [4.78, 5) is 15.5. The number of benzene rings is 2. The van der Waals surface area contributed by atoms with Crippen LogP contribution >= 0.6 is 12.2 Å². The maximum Gasteiger partial charge on any atom is 0.248 e. The van der Waals surface area contributed by atoms with Crippen LogP contribution in [0.1, 0.15) is 10.4 Å². The molecule has 1 amide bonds. The van der Waals surface area contributed by atoms with Crippen molar-refractivity contribution in [2.75, 3.05) is 17.7 Å². The summed E-state index contributed by atoms with van der Waals surface area (Å²) in [5, 5.41) is 8.56. The molecule has 0 radical (unpaired) electrons. The molecule has 25 heavy (non-hydrogen) atoms. The zero-order valence-electron chi connectivity index (χ0n) is 13.4. The Hall–Kier alpha value is -3.19. The highest BCUT2D eigenvalue weighted by molar-refractivity contribution is 7.80. The first-order chi connectivity index (χ1) is 12.1. The molecule has 0 bridgehead atoms. The number of anilines is 2. The molecule has 1 aromatic heterocycles. The number of nitrogens with zero attached hydrogens (tertiary/aromatic N) is 1. The lowest BCUT2D eigenvalue weighted by Gasteiger charge is -2.15. The number of nitrogens with one attached hydrogen (secondary N) is 2. The molecule has 2 aromatic carbocycles. The number of fused-ring (bicyclic) bond motifs is 1. The molecule has 0 atom stereocenters. The van der Waals surface area contributed by atoms with E-state index < -0.39 is 5.91 Å². The lowest BCUT2D eigenvalue weighted by Crippen LogP contribution is -2.20. The highest BCUT2D eigenvalue weighted by atomic mass is 32.1. The van der Waals surface area contributed by atoms with Crippen LogP contribution in [0.3, 0.4) is 0 Å². The van der Waals surface area contributed by atoms with Crippen molar-refractivity contribution in [3.05, 3.63) is 60.4 Å². The van der Waals surface area contributed by atoms with E-state index in [-0.39, 0.29) is 0 Å². The Morgan fingerprint density at radius 1 is 1.16 bits per heavy atom. The maximum absolute atomic E-state index is 11.4. The topological polar surface area (TPSA) is 89.3 Å². The SMILES string of the molecule is COc1ccc(C(N)=O)cc1NC(=S)Nc1cccc2cnccc12. The van der Waals surface area contributed by atoms with Gasteiger partial charge in [-0.3, -0.25) is 9.78 Å². The smallest absolute Gasteiger partial charge is 0.248 e. The third kappa shape index (κ3) is 3.67. The van der Waals surface area contributed by atoms with Crippen LogP contribution < -0.4 is 21.1 Å². The number of hydrogen-bond donors (Lipinski definition) is 3. The van der Waals surface area contributed by atoms with E-state index in [1.807, 2.05) is 24.3 Å². The lowest BCUT2D eigenvalue weighted by atomic mass is 10.1. The Labute approximate surface area is 150 Å². The molecule has 0 aliphatic heterocycles. The highest BCUT2D eigenvalue weighted by Crippen LogP contribution is 2.26. The van der Waals surface area contributed by atoms with Crippen molar-refractivity contribution < 1.29 is 9.53 Å². The zero-order valence-corrected chi connectivity index (χ0v) is 14.3. The van der Waals surface area contributed by atoms with Crippen LogP contribution in [0.5, 0.6) is 5.75 Å². The predicted molar refractivity (Wildman–Crippen MR) is 103 cm³/mol. The van der Waals surface area contributed by atoms with Crippen molar-refractivity contribution in [2.45, 2.75) is 0 Å². The van der Waals surface area contributed by atoms with Crippen molar-refractivity contribution in [3.8, 4) is 5.75 Å². The van der Waals surface area contributed by atoms with Gasteiger partial charge in [0.25, 0.3) is 0 Å². The molecular weight excluding hydrogens is 336 g/mol. The molecule has 7 heteroatoms. The summed E-state index contributed by atoms with van der Waals surface area (Å²) in [5.41, 5.74) is 7.10. The molecule has 0 saturated carbocycles. The summed E-state index contributed by atoms with van der Waals surface area (Å²) in [7, 11) is 1.54. The number of carbonyl (C=O) groups excluding carboxylic acids is 1. The number of rotatable bonds is 4. The van der Waals surface area contributed by atoms with Gasteiger partial charge in [-0.2, -0.15) is 0 Å². The second-order valence-electron chi connectivity index (χ2n) is 5.26. The van der Waals surface area contributed by atoms with Gasteiger partial charge in [-0.05, 0) is 42.5 Å². The third-order valence-electron chi connectivity index (χ3n) is 3.66. The minimum Gasteiger partial charge on any atom is -0.495 e. The molecule has 4 N–H and O–H groups in total. The number of nitrogens with two attached hydrogens (primary N) is 1. The minimum atomic E-state index is -0.522. The Morgan fingerprint density at radius 3 is 2.72 bits per heavy atom. The molecule has 0 aliphatic carbocycles. The first-order valence-electron chi connectivity index (χ1n) is 7.47. The van der Waals surface area contributed by atoms with Gasteiger partial charge >= 0.3 is 0 Å². The average Bonchev–Trinajstić information content (AvgIpc) is 2.62. The van der Waals surface area contributed by atoms with Crippen LogP contribution in [0.4, 0.5) is 11.4 Å². The van der Waals surface area contributed by atoms with Gasteiger partial charge in [0.1, 0.15) is 5.75 Å². The first-order valence-corrected chi connectivity index (χ1v) is 7.88. The monoisotopic (exact) mass is 352 g/mol. The fraction of sp³-hybridized carbons (Fsp3) is 0.0556. The quantitative estimate of drug-likeness (QED) is 0.625. The number of thiocarbonyl (C=S) groups is 1. The van der Waals surface area contributed by atoms with Gasteiger partial charge < -0.3 is 21.1 Å². The molecule has 1 heterocycles. The molecular formula is C18H16N4O2S. The van der Waals surface area contributed by atoms with Gasteiger partial charge in [-0.15, -0.1) is 0 Å². The maximum atomic E-state index is 11.4. The number of hydrogen-bond acceptors (Lipinski definition) is 4. The fourth-order valence-electron chi connectivity index (χ4n) is 2.47. The summed E-state index contributed by atoms with van der Waals surface area (Å²) in [6, 6.07) is 12.6. The summed E-state index contributed by atoms with van der Waals surface area (Å²) < 4.78 is 5.29. The van der Waals surface area contributed by atoms with Crippen molar-refractivity contribution in [3.63, 3.8) is 0 Å². The molecule has 0 spiro atoms. The first kappa shape index (κ1) is 16.7. The van der Waals surface area contributed by atoms with Crippen LogP contribution in [-0.4, -0.2) is 23.1 Å². The van der Waals surface area contributed by atoms with E-state index in [0.717, 1.165) is 16.5 Å². The largest absolute Gasteiger partial charge is 0.495 e. The van der Waals surface area contributed by atoms with Gasteiger partial charge in [0.15, 0.2) is 5.11 Å². The van der Waals surface area contributed by atoms with Crippen LogP contribution in [0.2, 0.25) is 0 Å². The zero-order chi connectivity index (χ0) is 17.8. The van der Waals surface area contributed by atoms with Crippen molar-refractivity contribution in [2.24, 2.45) is 5.73 Å². The third-order valence-corrected chi connectivity index (χ3v) is 3.87. The van der Waals surface area contributed by atoms with Crippen LogP contribution in [0.25, 0.3) is 10.8 Å². The summed E-state index contributed by atoms with van der Waals surface area (Å²) in [6.07, 6.45) is 3.51. The summed E-state index contributed by atoms with van der Waals surface area (Å²) in [5.74, 6) is 0.0300. The van der Waals surface area contributed by atoms with E-state index in [1.54, 1.807) is 37.7 Å². The standard InChI is InChI=1S/C18H16N4O2S/c1-24-16-6-5-11(17(19)23)9-15(16)22-18(25)21-14-4-2-3-12-10-20-8-7-13(12)14/h2-10H,1H3,(H2,19,23)(H2,21,22,25). The Balaban J connectivity index is 1.85. The average molecular weight is 352 g/mol. The molecule has 3 rings (SSSR count). The molecule has 126 valence electrons. The van der Waals surface area contributed by atoms with E-state index in [0.29, 0.717) is 22.1 Å². The van der Waals surface area contributed by atoms with E-state index in [1.165, 1.54) is 0 Å². The molecule has 0 unspecified atom stereocenters. The van der Waals surface area contributed by atoms with Gasteiger partial charge in [0.2, 0.25) is 5.91 Å². The minimum absolute atomic E-state index is 0.363. The number of carbonyl (C=O) groups is 1. The molecule has 0 fully saturated rings. The van der Waals surface area contributed by atoms with E-state index in [9.17, 15) is 4.79 Å². The van der Waals surface area contributed by atoms with Crippen LogP contribution in [0.15, 0.2) is 54.9 Å². The predicted octanol–water partition coefficient (Wildman–Crippen LogP) is 3.15. The molecule has 3 aromatic rings. The Morgan fingerprint density at radius 2 is 1.96 bits per heavy atom. The number of aromatic nitrogens is 1. The fourth-order valence-corrected chi connectivity index (χ4v) is 2.69. The summed E-state index contributed by atoms with van der Waals surface area (Å²) in [6.45, 7) is 0. The Kier molecular flexibility index (Phi) is 4.76. The van der Waals surface area contributed by atoms with Gasteiger partial charge in [-0.25, -0.2) is 0 Å². The van der Waals surface area contributed by atoms with Gasteiger partial charge in [0.05, 0.1) is 12.8 Å². The van der Waals surface area contributed by atoms with E-state index >= 15 is 0 Å². The highest BCUT2D eigenvalue weighted by Gasteiger charge is 2.10. The summed E-state index contributed by atoms with van der Waals surface area (Å²) >= 11 is 5.39. The Bertz CT molecular complexity index is 953. The van der Waals surface area contributed by atoms with Crippen molar-refractivity contribution >= 4 is 45.4 Å². The molecule has 0 aliphatic rings. The normalized spacial score (nSPS) is 10.3.